The Morgan fingerprint density at radius 2 is 1.92 bits per heavy atom. The maximum absolute atomic E-state index is 12.2. The second-order valence-electron chi connectivity index (χ2n) is 6.53. The van der Waals surface area contributed by atoms with E-state index in [-0.39, 0.29) is 24.7 Å². The van der Waals surface area contributed by atoms with E-state index in [1.165, 1.54) is 0 Å². The molecule has 1 saturated carbocycles. The highest BCUT2D eigenvalue weighted by atomic mass is 35.5. The predicted octanol–water partition coefficient (Wildman–Crippen LogP) is 2.46. The van der Waals surface area contributed by atoms with Crippen molar-refractivity contribution in [2.24, 2.45) is 0 Å². The van der Waals surface area contributed by atoms with Gasteiger partial charge in [0.1, 0.15) is 0 Å². The molecule has 1 aliphatic carbocycles. The molecule has 0 aromatic heterocycles. The fourth-order valence-electron chi connectivity index (χ4n) is 3.01. The van der Waals surface area contributed by atoms with Gasteiger partial charge in [0.25, 0.3) is 0 Å². The Morgan fingerprint density at radius 1 is 1.28 bits per heavy atom. The number of likely N-dealkylation sites (N-methyl/N-ethyl adjacent to an activating group) is 2. The van der Waals surface area contributed by atoms with E-state index < -0.39 is 5.97 Å². The fourth-order valence-corrected chi connectivity index (χ4v) is 3.14. The van der Waals surface area contributed by atoms with Gasteiger partial charge in [0.15, 0.2) is 0 Å². The van der Waals surface area contributed by atoms with Crippen molar-refractivity contribution in [1.82, 2.24) is 15.1 Å². The summed E-state index contributed by atoms with van der Waals surface area (Å²) in [6, 6.07) is 7.91. The Balaban J connectivity index is 1.70. The minimum Gasteiger partial charge on any atom is -0.480 e. The monoisotopic (exact) mass is 367 g/mol. The van der Waals surface area contributed by atoms with Crippen LogP contribution in [0.2, 0.25) is 5.02 Å². The average Bonchev–Trinajstić information content (AvgIpc) is 2.54. The lowest BCUT2D eigenvalue weighted by molar-refractivity contribution is -0.139. The molecular weight excluding hydrogens is 342 g/mol. The standard InChI is InChI=1S/C18H26ClN3O3/c1-3-22(12-17(23)24)16-10-15(11-16)20-18(25)21(2)9-8-13-4-6-14(19)7-5-13/h4-7,15-16H,3,8-12H2,1-2H3,(H,20,25)(H,23,24). The van der Waals surface area contributed by atoms with E-state index in [1.54, 1.807) is 11.9 Å². The van der Waals surface area contributed by atoms with Gasteiger partial charge in [-0.2, -0.15) is 0 Å². The summed E-state index contributed by atoms with van der Waals surface area (Å²) in [5.41, 5.74) is 1.14. The van der Waals surface area contributed by atoms with Gasteiger partial charge in [0.05, 0.1) is 6.54 Å². The molecule has 6 nitrogen and oxygen atoms in total. The number of rotatable bonds is 8. The molecule has 1 aromatic carbocycles. The molecule has 0 bridgehead atoms. The zero-order valence-electron chi connectivity index (χ0n) is 14.7. The molecule has 25 heavy (non-hydrogen) atoms. The number of nitrogens with one attached hydrogen (secondary N) is 1. The molecule has 1 fully saturated rings. The third kappa shape index (κ3) is 5.90. The van der Waals surface area contributed by atoms with Gasteiger partial charge in [0, 0.05) is 30.7 Å². The number of carboxylic acid groups (broad SMARTS) is 1. The summed E-state index contributed by atoms with van der Waals surface area (Å²) in [7, 11) is 1.78. The minimum absolute atomic E-state index is 0.0584. The number of hydrogen-bond acceptors (Lipinski definition) is 3. The Kier molecular flexibility index (Phi) is 7.08. The van der Waals surface area contributed by atoms with Crippen molar-refractivity contribution in [3.8, 4) is 0 Å². The van der Waals surface area contributed by atoms with Gasteiger partial charge in [-0.25, -0.2) is 4.79 Å². The molecule has 2 rings (SSSR count). The number of benzene rings is 1. The van der Waals surface area contributed by atoms with E-state index >= 15 is 0 Å². The number of carbonyl (C=O) groups is 2. The molecular formula is C18H26ClN3O3. The summed E-state index contributed by atoms with van der Waals surface area (Å²) in [6.07, 6.45) is 2.38. The lowest BCUT2D eigenvalue weighted by atomic mass is 9.85. The van der Waals surface area contributed by atoms with Gasteiger partial charge < -0.3 is 15.3 Å². The van der Waals surface area contributed by atoms with Crippen LogP contribution in [-0.2, 0) is 11.2 Å². The zero-order chi connectivity index (χ0) is 18.4. The lowest BCUT2D eigenvalue weighted by Crippen LogP contribution is -2.56. The first-order valence-electron chi connectivity index (χ1n) is 8.61. The van der Waals surface area contributed by atoms with Crippen molar-refractivity contribution in [3.05, 3.63) is 34.9 Å². The van der Waals surface area contributed by atoms with E-state index in [2.05, 4.69) is 5.32 Å². The second kappa shape index (κ2) is 9.06. The molecule has 0 radical (unpaired) electrons. The highest BCUT2D eigenvalue weighted by Gasteiger charge is 2.35. The summed E-state index contributed by atoms with van der Waals surface area (Å²) in [4.78, 5) is 26.7. The van der Waals surface area contributed by atoms with Gasteiger partial charge in [-0.3, -0.25) is 9.69 Å². The van der Waals surface area contributed by atoms with Crippen LogP contribution < -0.4 is 5.32 Å². The Bertz CT molecular complexity index is 588. The molecule has 0 atom stereocenters. The molecule has 0 saturated heterocycles. The molecule has 138 valence electrons. The van der Waals surface area contributed by atoms with Crippen molar-refractivity contribution in [2.45, 2.75) is 38.3 Å². The van der Waals surface area contributed by atoms with Crippen molar-refractivity contribution >= 4 is 23.6 Å². The Hall–Kier alpha value is -1.79. The Labute approximate surface area is 153 Å². The normalized spacial score (nSPS) is 19.4. The molecule has 1 aromatic rings. The van der Waals surface area contributed by atoms with Crippen LogP contribution in [0.25, 0.3) is 0 Å². The quantitative estimate of drug-likeness (QED) is 0.740. The van der Waals surface area contributed by atoms with Crippen molar-refractivity contribution < 1.29 is 14.7 Å². The highest BCUT2D eigenvalue weighted by molar-refractivity contribution is 6.30. The largest absolute Gasteiger partial charge is 0.480 e. The summed E-state index contributed by atoms with van der Waals surface area (Å²) < 4.78 is 0. The molecule has 0 heterocycles. The smallest absolute Gasteiger partial charge is 0.317 e. The van der Waals surface area contributed by atoms with Gasteiger partial charge in [-0.1, -0.05) is 30.7 Å². The first kappa shape index (κ1) is 19.5. The van der Waals surface area contributed by atoms with Crippen LogP contribution in [0, 0.1) is 0 Å². The topological polar surface area (TPSA) is 72.9 Å². The van der Waals surface area contributed by atoms with Gasteiger partial charge in [0.2, 0.25) is 0 Å². The van der Waals surface area contributed by atoms with Crippen LogP contribution in [0.5, 0.6) is 0 Å². The van der Waals surface area contributed by atoms with Gasteiger partial charge in [-0.15, -0.1) is 0 Å². The summed E-state index contributed by atoms with van der Waals surface area (Å²) >= 11 is 5.87. The van der Waals surface area contributed by atoms with E-state index in [1.807, 2.05) is 36.1 Å². The third-order valence-corrected chi connectivity index (χ3v) is 4.95. The summed E-state index contributed by atoms with van der Waals surface area (Å²) in [5.74, 6) is -0.809. The number of aliphatic carboxylic acids is 1. The number of carboxylic acids is 1. The van der Waals surface area contributed by atoms with Crippen LogP contribution in [0.3, 0.4) is 0 Å². The third-order valence-electron chi connectivity index (χ3n) is 4.70. The number of nitrogens with zero attached hydrogens (tertiary/aromatic N) is 2. The number of amides is 2. The summed E-state index contributed by atoms with van der Waals surface area (Å²) in [6.45, 7) is 3.35. The predicted molar refractivity (Wildman–Crippen MR) is 98.0 cm³/mol. The summed E-state index contributed by atoms with van der Waals surface area (Å²) in [5, 5.41) is 12.6. The average molecular weight is 368 g/mol. The number of urea groups is 1. The van der Waals surface area contributed by atoms with Crippen molar-refractivity contribution in [2.75, 3.05) is 26.7 Å². The van der Waals surface area contributed by atoms with Gasteiger partial charge >= 0.3 is 12.0 Å². The molecule has 1 aliphatic rings. The fraction of sp³-hybridized carbons (Fsp3) is 0.556. The maximum atomic E-state index is 12.2. The van der Waals surface area contributed by atoms with E-state index in [0.717, 1.165) is 24.8 Å². The molecule has 0 spiro atoms. The number of halogens is 1. The molecule has 2 N–H and O–H groups in total. The van der Waals surface area contributed by atoms with Crippen LogP contribution in [0.4, 0.5) is 4.79 Å². The first-order chi connectivity index (χ1) is 11.9. The van der Waals surface area contributed by atoms with Crippen LogP contribution in [0.1, 0.15) is 25.3 Å². The van der Waals surface area contributed by atoms with Crippen LogP contribution in [0.15, 0.2) is 24.3 Å². The molecule has 7 heteroatoms. The van der Waals surface area contributed by atoms with E-state index in [4.69, 9.17) is 16.7 Å². The first-order valence-corrected chi connectivity index (χ1v) is 8.98. The molecule has 0 aliphatic heterocycles. The van der Waals surface area contributed by atoms with E-state index in [9.17, 15) is 9.59 Å². The maximum Gasteiger partial charge on any atom is 0.317 e. The molecule has 0 unspecified atom stereocenters. The SMILES string of the molecule is CCN(CC(=O)O)C1CC(NC(=O)N(C)CCc2ccc(Cl)cc2)C1. The van der Waals surface area contributed by atoms with Crippen molar-refractivity contribution in [1.29, 1.82) is 0 Å². The van der Waals surface area contributed by atoms with Gasteiger partial charge in [-0.05, 0) is 43.5 Å². The second-order valence-corrected chi connectivity index (χ2v) is 6.96. The Morgan fingerprint density at radius 3 is 2.48 bits per heavy atom. The number of carbonyl (C=O) groups excluding carboxylic acids is 1. The minimum atomic E-state index is -0.809. The molecule has 2 amide bonds. The number of hydrogen-bond donors (Lipinski definition) is 2. The lowest BCUT2D eigenvalue weighted by Gasteiger charge is -2.42. The van der Waals surface area contributed by atoms with Crippen molar-refractivity contribution in [3.63, 3.8) is 0 Å². The highest BCUT2D eigenvalue weighted by Crippen LogP contribution is 2.25. The van der Waals surface area contributed by atoms with E-state index in [0.29, 0.717) is 18.1 Å². The van der Waals surface area contributed by atoms with Crippen LogP contribution in [-0.4, -0.2) is 65.7 Å². The zero-order valence-corrected chi connectivity index (χ0v) is 15.5. The van der Waals surface area contributed by atoms with Crippen LogP contribution >= 0.6 is 11.6 Å².